The zero-order valence-electron chi connectivity index (χ0n) is 12.9. The lowest BCUT2D eigenvalue weighted by Gasteiger charge is -2.27. The zero-order chi connectivity index (χ0) is 15.5. The largest absolute Gasteiger partial charge is 0.327 e. The molecule has 1 aliphatic rings. The van der Waals surface area contributed by atoms with E-state index >= 15 is 0 Å². The van der Waals surface area contributed by atoms with E-state index in [4.69, 9.17) is 5.73 Å². The summed E-state index contributed by atoms with van der Waals surface area (Å²) in [4.78, 5) is 15.8. The van der Waals surface area contributed by atoms with Gasteiger partial charge in [0.15, 0.2) is 14.9 Å². The van der Waals surface area contributed by atoms with Gasteiger partial charge >= 0.3 is 0 Å². The van der Waals surface area contributed by atoms with E-state index in [9.17, 15) is 13.2 Å². The second-order valence-corrected chi connectivity index (χ2v) is 7.58. The molecule has 2 unspecified atom stereocenters. The smallest absolute Gasteiger partial charge is 0.224 e. The van der Waals surface area contributed by atoms with Crippen molar-refractivity contribution in [3.63, 3.8) is 0 Å². The molecule has 1 aromatic heterocycles. The number of hydrogen-bond donors (Lipinski definition) is 2. The Morgan fingerprint density at radius 2 is 1.96 bits per heavy atom. The molecule has 6 nitrogen and oxygen atoms in total. The summed E-state index contributed by atoms with van der Waals surface area (Å²) >= 11 is 0. The number of anilines is 1. The molecule has 0 aromatic carbocycles. The molecule has 1 amide bonds. The number of nitrogens with one attached hydrogen (secondary N) is 1. The van der Waals surface area contributed by atoms with Crippen LogP contribution in [0, 0.1) is 5.92 Å². The molecular weight excluding hydrogens is 361 g/mol. The fourth-order valence-corrected chi connectivity index (χ4v) is 3.17. The molecule has 1 fully saturated rings. The lowest BCUT2D eigenvalue weighted by molar-refractivity contribution is -0.117. The molecule has 1 aliphatic carbocycles. The van der Waals surface area contributed by atoms with Gasteiger partial charge in [-0.25, -0.2) is 13.4 Å². The van der Waals surface area contributed by atoms with Crippen LogP contribution in [0.4, 0.5) is 5.69 Å². The van der Waals surface area contributed by atoms with Crippen LogP contribution in [0.5, 0.6) is 0 Å². The van der Waals surface area contributed by atoms with Crippen molar-refractivity contribution < 1.29 is 13.2 Å². The first-order valence-electron chi connectivity index (χ1n) is 7.08. The van der Waals surface area contributed by atoms with E-state index in [2.05, 4.69) is 10.3 Å². The summed E-state index contributed by atoms with van der Waals surface area (Å²) in [7, 11) is -3.32. The Morgan fingerprint density at radius 1 is 1.30 bits per heavy atom. The fraction of sp³-hybridized carbons (Fsp3) is 0.571. The van der Waals surface area contributed by atoms with Crippen LogP contribution in [-0.4, -0.2) is 31.6 Å². The molecule has 0 bridgehead atoms. The Hall–Kier alpha value is -0.890. The van der Waals surface area contributed by atoms with Gasteiger partial charge in [0.25, 0.3) is 0 Å². The number of pyridine rings is 1. The van der Waals surface area contributed by atoms with E-state index in [0.717, 1.165) is 31.9 Å². The van der Waals surface area contributed by atoms with Crippen LogP contribution in [0.1, 0.15) is 32.1 Å². The molecule has 2 atom stereocenters. The predicted octanol–water partition coefficient (Wildman–Crippen LogP) is 2.17. The van der Waals surface area contributed by atoms with Crippen molar-refractivity contribution in [1.29, 1.82) is 0 Å². The Morgan fingerprint density at radius 3 is 2.48 bits per heavy atom. The van der Waals surface area contributed by atoms with E-state index in [1.807, 2.05) is 0 Å². The maximum Gasteiger partial charge on any atom is 0.224 e. The highest BCUT2D eigenvalue weighted by atomic mass is 35.5. The van der Waals surface area contributed by atoms with E-state index in [0.29, 0.717) is 12.1 Å². The maximum absolute atomic E-state index is 12.0. The van der Waals surface area contributed by atoms with Crippen LogP contribution < -0.4 is 11.1 Å². The van der Waals surface area contributed by atoms with Crippen molar-refractivity contribution in [1.82, 2.24) is 4.98 Å². The van der Waals surface area contributed by atoms with Crippen molar-refractivity contribution in [3.8, 4) is 0 Å². The fourth-order valence-electron chi connectivity index (χ4n) is 2.61. The van der Waals surface area contributed by atoms with Crippen molar-refractivity contribution in [2.75, 3.05) is 11.6 Å². The third kappa shape index (κ3) is 6.63. The lowest BCUT2D eigenvalue weighted by atomic mass is 9.83. The number of carbonyl (C=O) groups excluding carboxylic acids is 1. The Labute approximate surface area is 149 Å². The monoisotopic (exact) mass is 383 g/mol. The Kier molecular flexibility index (Phi) is 9.05. The molecule has 1 heterocycles. The van der Waals surface area contributed by atoms with E-state index in [1.54, 1.807) is 6.07 Å². The normalized spacial score (nSPS) is 20.8. The maximum atomic E-state index is 12.0. The Bertz CT molecular complexity index is 608. The molecule has 9 heteroatoms. The molecule has 3 N–H and O–H groups in total. The molecule has 1 aromatic rings. The van der Waals surface area contributed by atoms with Crippen LogP contribution in [-0.2, 0) is 14.6 Å². The minimum atomic E-state index is -3.32. The quantitative estimate of drug-likeness (QED) is 0.828. The number of aromatic nitrogens is 1. The summed E-state index contributed by atoms with van der Waals surface area (Å²) in [6.45, 7) is 0. The average Bonchev–Trinajstić information content (AvgIpc) is 2.41. The third-order valence-electron chi connectivity index (χ3n) is 3.82. The summed E-state index contributed by atoms with van der Waals surface area (Å²) in [5.74, 6) is 0.119. The first kappa shape index (κ1) is 22.1. The van der Waals surface area contributed by atoms with E-state index < -0.39 is 9.84 Å². The van der Waals surface area contributed by atoms with Gasteiger partial charge in [-0.1, -0.05) is 12.8 Å². The molecule has 0 radical (unpaired) electrons. The van der Waals surface area contributed by atoms with Gasteiger partial charge in [0.05, 0.1) is 11.9 Å². The Balaban J connectivity index is 0.00000242. The summed E-state index contributed by atoms with van der Waals surface area (Å²) in [5, 5.41) is 2.73. The number of nitrogens with zero attached hydrogens (tertiary/aromatic N) is 1. The van der Waals surface area contributed by atoms with Gasteiger partial charge in [-0.3, -0.25) is 4.79 Å². The number of amides is 1. The highest BCUT2D eigenvalue weighted by Crippen LogP contribution is 2.26. The van der Waals surface area contributed by atoms with Crippen LogP contribution in [0.25, 0.3) is 0 Å². The van der Waals surface area contributed by atoms with Crippen LogP contribution in [0.15, 0.2) is 23.4 Å². The van der Waals surface area contributed by atoms with Gasteiger partial charge in [0, 0.05) is 18.7 Å². The van der Waals surface area contributed by atoms with Crippen molar-refractivity contribution >= 4 is 46.2 Å². The van der Waals surface area contributed by atoms with Crippen molar-refractivity contribution in [2.45, 2.75) is 43.2 Å². The van der Waals surface area contributed by atoms with Crippen molar-refractivity contribution in [2.24, 2.45) is 11.7 Å². The van der Waals surface area contributed by atoms with Gasteiger partial charge in [-0.05, 0) is 30.9 Å². The minimum Gasteiger partial charge on any atom is -0.327 e. The van der Waals surface area contributed by atoms with Crippen LogP contribution >= 0.6 is 24.8 Å². The number of nitrogens with two attached hydrogens (primary N) is 1. The molecule has 1 saturated carbocycles. The standard InChI is InChI=1S/C14H21N3O3S.2ClH/c1-21(19,20)14-7-6-11(9-16-14)17-13(18)8-10-4-2-3-5-12(10)15;;/h6-7,9-10,12H,2-5,8,15H2,1H3,(H,17,18);2*1H. The number of rotatable bonds is 4. The lowest BCUT2D eigenvalue weighted by Crippen LogP contribution is -2.35. The SMILES string of the molecule is CS(=O)(=O)c1ccc(NC(=O)CC2CCCCC2N)cn1.Cl.Cl. The summed E-state index contributed by atoms with van der Waals surface area (Å²) in [6, 6.07) is 3.02. The summed E-state index contributed by atoms with van der Waals surface area (Å²) in [5.41, 5.74) is 6.53. The highest BCUT2D eigenvalue weighted by molar-refractivity contribution is 7.90. The zero-order valence-corrected chi connectivity index (χ0v) is 15.3. The summed E-state index contributed by atoms with van der Waals surface area (Å²) in [6.07, 6.45) is 7.07. The number of hydrogen-bond acceptors (Lipinski definition) is 5. The first-order valence-corrected chi connectivity index (χ1v) is 8.97. The second-order valence-electron chi connectivity index (χ2n) is 5.62. The van der Waals surface area contributed by atoms with Gasteiger partial charge < -0.3 is 11.1 Å². The van der Waals surface area contributed by atoms with E-state index in [-0.39, 0.29) is 47.7 Å². The van der Waals surface area contributed by atoms with Crippen molar-refractivity contribution in [3.05, 3.63) is 18.3 Å². The molecule has 23 heavy (non-hydrogen) atoms. The topological polar surface area (TPSA) is 102 Å². The molecule has 2 rings (SSSR count). The molecule has 0 saturated heterocycles. The number of halogens is 2. The molecular formula is C14H23Cl2N3O3S. The molecule has 0 spiro atoms. The van der Waals surface area contributed by atoms with Gasteiger partial charge in [0.2, 0.25) is 5.91 Å². The van der Waals surface area contributed by atoms with Gasteiger partial charge in [-0.15, -0.1) is 24.8 Å². The number of sulfone groups is 1. The molecule has 0 aliphatic heterocycles. The molecule has 132 valence electrons. The van der Waals surface area contributed by atoms with E-state index in [1.165, 1.54) is 12.3 Å². The predicted molar refractivity (Wildman–Crippen MR) is 95.0 cm³/mol. The van der Waals surface area contributed by atoms with Gasteiger partial charge in [-0.2, -0.15) is 0 Å². The first-order chi connectivity index (χ1) is 9.86. The van der Waals surface area contributed by atoms with Crippen LogP contribution in [0.3, 0.4) is 0 Å². The highest BCUT2D eigenvalue weighted by Gasteiger charge is 2.24. The van der Waals surface area contributed by atoms with Crippen LogP contribution in [0.2, 0.25) is 0 Å². The minimum absolute atomic E-state index is 0. The third-order valence-corrected chi connectivity index (χ3v) is 4.82. The number of carbonyl (C=O) groups is 1. The second kappa shape index (κ2) is 9.42. The summed E-state index contributed by atoms with van der Waals surface area (Å²) < 4.78 is 22.6. The van der Waals surface area contributed by atoms with Gasteiger partial charge in [0.1, 0.15) is 0 Å². The average molecular weight is 384 g/mol.